The highest BCUT2D eigenvalue weighted by Crippen LogP contribution is 2.30. The third-order valence-electron chi connectivity index (χ3n) is 3.61. The normalized spacial score (nSPS) is 22.7. The zero-order chi connectivity index (χ0) is 13.7. The Morgan fingerprint density at radius 3 is 2.68 bits per heavy atom. The molecular weight excluding hydrogens is 244 g/mol. The largest absolute Gasteiger partial charge is 0.481 e. The fourth-order valence-electron chi connectivity index (χ4n) is 2.56. The number of hydrogen-bond acceptors (Lipinski definition) is 3. The number of amides is 1. The van der Waals surface area contributed by atoms with Crippen LogP contribution >= 0.6 is 0 Å². The van der Waals surface area contributed by atoms with E-state index in [9.17, 15) is 9.59 Å². The van der Waals surface area contributed by atoms with Gasteiger partial charge in [-0.15, -0.1) is 0 Å². The summed E-state index contributed by atoms with van der Waals surface area (Å²) < 4.78 is 0. The Morgan fingerprint density at radius 1 is 1.32 bits per heavy atom. The topological polar surface area (TPSA) is 79.3 Å². The Labute approximate surface area is 112 Å². The van der Waals surface area contributed by atoms with Crippen molar-refractivity contribution in [2.45, 2.75) is 32.2 Å². The third-order valence-corrected chi connectivity index (χ3v) is 3.61. The smallest absolute Gasteiger partial charge is 0.307 e. The van der Waals surface area contributed by atoms with E-state index in [1.54, 1.807) is 12.4 Å². The van der Waals surface area contributed by atoms with Crippen LogP contribution in [-0.2, 0) is 16.1 Å². The van der Waals surface area contributed by atoms with Gasteiger partial charge in [-0.05, 0) is 24.5 Å². The van der Waals surface area contributed by atoms with Crippen molar-refractivity contribution in [3.05, 3.63) is 30.1 Å². The number of aliphatic carboxylic acids is 1. The lowest BCUT2D eigenvalue weighted by molar-refractivity contribution is -0.148. The van der Waals surface area contributed by atoms with Crippen LogP contribution in [0.1, 0.15) is 31.2 Å². The van der Waals surface area contributed by atoms with E-state index in [4.69, 9.17) is 5.11 Å². The van der Waals surface area contributed by atoms with Gasteiger partial charge in [-0.2, -0.15) is 0 Å². The van der Waals surface area contributed by atoms with Crippen molar-refractivity contribution in [3.63, 3.8) is 0 Å². The number of rotatable bonds is 4. The molecule has 1 fully saturated rings. The lowest BCUT2D eigenvalue weighted by Crippen LogP contribution is -2.39. The SMILES string of the molecule is O=C(O)[C@H]1CCCC[C@@H]1C(=O)NCc1cccnc1. The minimum Gasteiger partial charge on any atom is -0.481 e. The summed E-state index contributed by atoms with van der Waals surface area (Å²) in [5, 5.41) is 12.0. The fourth-order valence-corrected chi connectivity index (χ4v) is 2.56. The molecule has 1 aromatic heterocycles. The molecule has 2 N–H and O–H groups in total. The standard InChI is InChI=1S/C14H18N2O3/c17-13(16-9-10-4-3-7-15-8-10)11-5-1-2-6-12(11)14(18)19/h3-4,7-8,11-12H,1-2,5-6,9H2,(H,16,17)(H,18,19)/t11-,12-/m0/s1. The zero-order valence-electron chi connectivity index (χ0n) is 10.7. The molecule has 2 atom stereocenters. The van der Waals surface area contributed by atoms with Gasteiger partial charge in [0, 0.05) is 18.9 Å². The Balaban J connectivity index is 1.93. The third kappa shape index (κ3) is 3.53. The second-order valence-electron chi connectivity index (χ2n) is 4.91. The lowest BCUT2D eigenvalue weighted by Gasteiger charge is -2.27. The number of nitrogens with zero attached hydrogens (tertiary/aromatic N) is 1. The number of carboxylic acids is 1. The molecule has 1 amide bonds. The molecule has 0 aliphatic heterocycles. The maximum Gasteiger partial charge on any atom is 0.307 e. The molecule has 0 bridgehead atoms. The Bertz CT molecular complexity index is 447. The van der Waals surface area contributed by atoms with E-state index in [0.717, 1.165) is 18.4 Å². The van der Waals surface area contributed by atoms with Gasteiger partial charge in [-0.3, -0.25) is 14.6 Å². The van der Waals surface area contributed by atoms with E-state index in [1.165, 1.54) is 0 Å². The lowest BCUT2D eigenvalue weighted by atomic mass is 9.78. The minimum absolute atomic E-state index is 0.157. The summed E-state index contributed by atoms with van der Waals surface area (Å²) in [6.07, 6.45) is 6.44. The quantitative estimate of drug-likeness (QED) is 0.863. The van der Waals surface area contributed by atoms with Gasteiger partial charge in [-0.25, -0.2) is 0 Å². The molecule has 102 valence electrons. The van der Waals surface area contributed by atoms with Crippen molar-refractivity contribution < 1.29 is 14.7 Å². The maximum atomic E-state index is 12.1. The Kier molecular flexibility index (Phi) is 4.49. The zero-order valence-corrected chi connectivity index (χ0v) is 10.7. The van der Waals surface area contributed by atoms with Gasteiger partial charge in [0.15, 0.2) is 0 Å². The van der Waals surface area contributed by atoms with Crippen LogP contribution in [0.4, 0.5) is 0 Å². The average molecular weight is 262 g/mol. The fraction of sp³-hybridized carbons (Fsp3) is 0.500. The summed E-state index contributed by atoms with van der Waals surface area (Å²) in [5.41, 5.74) is 0.915. The Hall–Kier alpha value is -1.91. The first-order valence-electron chi connectivity index (χ1n) is 6.58. The molecule has 19 heavy (non-hydrogen) atoms. The van der Waals surface area contributed by atoms with Gasteiger partial charge in [0.25, 0.3) is 0 Å². The van der Waals surface area contributed by atoms with Gasteiger partial charge >= 0.3 is 5.97 Å². The van der Waals surface area contributed by atoms with Crippen LogP contribution in [0.3, 0.4) is 0 Å². The molecule has 0 aromatic carbocycles. The van der Waals surface area contributed by atoms with Gasteiger partial charge in [0.05, 0.1) is 11.8 Å². The molecule has 1 aliphatic rings. The van der Waals surface area contributed by atoms with Gasteiger partial charge in [0.1, 0.15) is 0 Å². The number of carbonyl (C=O) groups is 2. The molecule has 2 rings (SSSR count). The summed E-state index contributed by atoms with van der Waals surface area (Å²) in [6, 6.07) is 3.69. The molecule has 1 aromatic rings. The minimum atomic E-state index is -0.860. The van der Waals surface area contributed by atoms with Crippen LogP contribution in [0.15, 0.2) is 24.5 Å². The molecule has 1 saturated carbocycles. The molecule has 0 spiro atoms. The van der Waals surface area contributed by atoms with Crippen LogP contribution in [0.5, 0.6) is 0 Å². The van der Waals surface area contributed by atoms with E-state index in [-0.39, 0.29) is 5.91 Å². The summed E-state index contributed by atoms with van der Waals surface area (Å²) in [6.45, 7) is 0.398. The van der Waals surface area contributed by atoms with E-state index in [2.05, 4.69) is 10.3 Å². The average Bonchev–Trinajstić information content (AvgIpc) is 2.46. The summed E-state index contributed by atoms with van der Waals surface area (Å²) in [7, 11) is 0. The van der Waals surface area contributed by atoms with Crippen molar-refractivity contribution in [1.82, 2.24) is 10.3 Å². The van der Waals surface area contributed by atoms with Crippen molar-refractivity contribution in [2.75, 3.05) is 0 Å². The van der Waals surface area contributed by atoms with Gasteiger partial charge in [0.2, 0.25) is 5.91 Å². The molecule has 0 radical (unpaired) electrons. The van der Waals surface area contributed by atoms with Crippen LogP contribution in [0, 0.1) is 11.8 Å². The van der Waals surface area contributed by atoms with E-state index < -0.39 is 17.8 Å². The molecule has 0 unspecified atom stereocenters. The van der Waals surface area contributed by atoms with Crippen LogP contribution in [0.25, 0.3) is 0 Å². The Morgan fingerprint density at radius 2 is 2.05 bits per heavy atom. The van der Waals surface area contributed by atoms with Crippen LogP contribution in [0.2, 0.25) is 0 Å². The highest BCUT2D eigenvalue weighted by Gasteiger charge is 2.35. The molecular formula is C14H18N2O3. The van der Waals surface area contributed by atoms with Crippen molar-refractivity contribution >= 4 is 11.9 Å². The van der Waals surface area contributed by atoms with E-state index >= 15 is 0 Å². The summed E-state index contributed by atoms with van der Waals surface area (Å²) in [4.78, 5) is 27.2. The van der Waals surface area contributed by atoms with Gasteiger partial charge in [-0.1, -0.05) is 18.9 Å². The summed E-state index contributed by atoms with van der Waals surface area (Å²) in [5.74, 6) is -1.96. The second-order valence-corrected chi connectivity index (χ2v) is 4.91. The second kappa shape index (κ2) is 6.31. The number of carboxylic acid groups (broad SMARTS) is 1. The van der Waals surface area contributed by atoms with Crippen molar-refractivity contribution in [3.8, 4) is 0 Å². The van der Waals surface area contributed by atoms with Gasteiger partial charge < -0.3 is 10.4 Å². The first-order chi connectivity index (χ1) is 9.18. The predicted octanol–water partition coefficient (Wildman–Crippen LogP) is 1.59. The number of hydrogen-bond donors (Lipinski definition) is 2. The van der Waals surface area contributed by atoms with Crippen LogP contribution < -0.4 is 5.32 Å². The summed E-state index contributed by atoms with van der Waals surface area (Å²) >= 11 is 0. The highest BCUT2D eigenvalue weighted by molar-refractivity contribution is 5.84. The molecule has 0 saturated heterocycles. The van der Waals surface area contributed by atoms with Crippen LogP contribution in [-0.4, -0.2) is 22.0 Å². The van der Waals surface area contributed by atoms with E-state index in [1.807, 2.05) is 12.1 Å². The maximum absolute atomic E-state index is 12.1. The first kappa shape index (κ1) is 13.5. The highest BCUT2D eigenvalue weighted by atomic mass is 16.4. The first-order valence-corrected chi connectivity index (χ1v) is 6.58. The molecule has 5 heteroatoms. The number of pyridine rings is 1. The number of nitrogens with one attached hydrogen (secondary N) is 1. The molecule has 1 heterocycles. The molecule has 5 nitrogen and oxygen atoms in total. The molecule has 1 aliphatic carbocycles. The number of aromatic nitrogens is 1. The predicted molar refractivity (Wildman–Crippen MR) is 69.2 cm³/mol. The monoisotopic (exact) mass is 262 g/mol. The van der Waals surface area contributed by atoms with E-state index in [0.29, 0.717) is 19.4 Å². The van der Waals surface area contributed by atoms with Crippen molar-refractivity contribution in [1.29, 1.82) is 0 Å². The van der Waals surface area contributed by atoms with Crippen molar-refractivity contribution in [2.24, 2.45) is 11.8 Å². The number of carbonyl (C=O) groups excluding carboxylic acids is 1.